The van der Waals surface area contributed by atoms with E-state index in [1.807, 2.05) is 4.90 Å². The van der Waals surface area contributed by atoms with E-state index in [1.165, 1.54) is 30.4 Å². The number of carbonyl (C=O) groups is 1. The van der Waals surface area contributed by atoms with Crippen LogP contribution in [0.25, 0.3) is 4.85 Å². The number of hydrogen-bond donors (Lipinski definition) is 0. The monoisotopic (exact) mass is 351 g/mol. The summed E-state index contributed by atoms with van der Waals surface area (Å²) in [5.41, 5.74) is 2.56. The Morgan fingerprint density at radius 2 is 1.77 bits per heavy atom. The molecule has 1 amide bonds. The molecule has 4 nitrogen and oxygen atoms in total. The number of fused-ring (bicyclic) bond motifs is 2. The number of nitrogens with zero attached hydrogens (tertiary/aromatic N) is 3. The van der Waals surface area contributed by atoms with E-state index >= 15 is 0 Å². The van der Waals surface area contributed by atoms with Crippen molar-refractivity contribution >= 4 is 5.91 Å². The number of hydrogen-bond acceptors (Lipinski definition) is 2. The summed E-state index contributed by atoms with van der Waals surface area (Å²) in [5, 5.41) is 0. The van der Waals surface area contributed by atoms with Crippen LogP contribution in [0, 0.1) is 6.57 Å². The van der Waals surface area contributed by atoms with E-state index in [2.05, 4.69) is 34.0 Å². The first-order valence-corrected chi connectivity index (χ1v) is 10.1. The highest BCUT2D eigenvalue weighted by atomic mass is 16.2. The summed E-state index contributed by atoms with van der Waals surface area (Å²) < 4.78 is 0. The molecule has 3 aliphatic rings. The molecule has 0 unspecified atom stereocenters. The van der Waals surface area contributed by atoms with Gasteiger partial charge in [0.2, 0.25) is 5.91 Å². The Kier molecular flexibility index (Phi) is 4.52. The van der Waals surface area contributed by atoms with Gasteiger partial charge in [-0.25, -0.2) is 11.5 Å². The Morgan fingerprint density at radius 3 is 2.42 bits per heavy atom. The lowest BCUT2D eigenvalue weighted by Gasteiger charge is -2.50. The van der Waals surface area contributed by atoms with Crippen LogP contribution in [-0.4, -0.2) is 41.0 Å². The van der Waals surface area contributed by atoms with E-state index in [9.17, 15) is 4.79 Å². The number of likely N-dealkylation sites (tertiary alicyclic amines) is 1. The first-order valence-electron chi connectivity index (χ1n) is 10.1. The van der Waals surface area contributed by atoms with Gasteiger partial charge in [-0.2, -0.15) is 0 Å². The molecule has 1 saturated heterocycles. The molecule has 0 N–H and O–H groups in total. The zero-order valence-corrected chi connectivity index (χ0v) is 15.8. The molecule has 138 valence electrons. The second-order valence-electron chi connectivity index (χ2n) is 8.45. The molecule has 0 aromatic heterocycles. The van der Waals surface area contributed by atoms with E-state index in [1.54, 1.807) is 6.92 Å². The van der Waals surface area contributed by atoms with Gasteiger partial charge in [-0.15, -0.1) is 0 Å². The molecule has 26 heavy (non-hydrogen) atoms. The van der Waals surface area contributed by atoms with Gasteiger partial charge in [-0.1, -0.05) is 30.7 Å². The maximum atomic E-state index is 12.1. The van der Waals surface area contributed by atoms with Crippen LogP contribution in [0.3, 0.4) is 0 Å². The second kappa shape index (κ2) is 6.70. The number of benzene rings is 1. The van der Waals surface area contributed by atoms with Crippen LogP contribution in [0.15, 0.2) is 24.3 Å². The van der Waals surface area contributed by atoms with Crippen LogP contribution in [0.1, 0.15) is 63.0 Å². The highest BCUT2D eigenvalue weighted by molar-refractivity contribution is 5.74. The van der Waals surface area contributed by atoms with E-state index in [-0.39, 0.29) is 17.0 Å². The largest absolute Gasteiger partial charge is 0.338 e. The first-order chi connectivity index (χ1) is 12.6. The van der Waals surface area contributed by atoms with Gasteiger partial charge in [0.05, 0.1) is 0 Å². The topological polar surface area (TPSA) is 27.9 Å². The zero-order chi connectivity index (χ0) is 18.2. The van der Waals surface area contributed by atoms with Crippen LogP contribution >= 0.6 is 0 Å². The van der Waals surface area contributed by atoms with Crippen LogP contribution in [0.4, 0.5) is 0 Å². The molecule has 1 aromatic carbocycles. The molecule has 2 fully saturated rings. The number of piperidine rings is 1. The highest BCUT2D eigenvalue weighted by Crippen LogP contribution is 2.45. The third-order valence-corrected chi connectivity index (χ3v) is 7.06. The summed E-state index contributed by atoms with van der Waals surface area (Å²) in [6.07, 6.45) is 7.79. The fourth-order valence-corrected chi connectivity index (χ4v) is 5.51. The van der Waals surface area contributed by atoms with E-state index < -0.39 is 0 Å². The minimum absolute atomic E-state index is 0.0644. The first kappa shape index (κ1) is 17.5. The van der Waals surface area contributed by atoms with Gasteiger partial charge in [0.1, 0.15) is 0 Å². The van der Waals surface area contributed by atoms with Crippen molar-refractivity contribution in [1.29, 1.82) is 0 Å². The maximum absolute atomic E-state index is 12.1. The SMILES string of the molecule is [C-]#[N+]C1(N2CCC3(CC2)CN(C(C)=O)Cc2ccccc23)CCCCC1. The van der Waals surface area contributed by atoms with Crippen molar-refractivity contribution in [1.82, 2.24) is 9.80 Å². The third kappa shape index (κ3) is 2.83. The van der Waals surface area contributed by atoms with E-state index in [4.69, 9.17) is 6.57 Å². The zero-order valence-electron chi connectivity index (χ0n) is 15.8. The van der Waals surface area contributed by atoms with Gasteiger partial charge in [0.25, 0.3) is 5.66 Å². The summed E-state index contributed by atoms with van der Waals surface area (Å²) in [6, 6.07) is 8.67. The lowest BCUT2D eigenvalue weighted by molar-refractivity contribution is -0.131. The Bertz CT molecular complexity index is 721. The predicted molar refractivity (Wildman–Crippen MR) is 102 cm³/mol. The van der Waals surface area contributed by atoms with Gasteiger partial charge in [0.15, 0.2) is 0 Å². The van der Waals surface area contributed by atoms with Crippen molar-refractivity contribution in [2.45, 2.75) is 69.5 Å². The Balaban J connectivity index is 1.59. The summed E-state index contributed by atoms with van der Waals surface area (Å²) in [4.78, 5) is 20.7. The average Bonchev–Trinajstić information content (AvgIpc) is 2.69. The Hall–Kier alpha value is -1.86. The molecular formula is C22H29N3O. The quantitative estimate of drug-likeness (QED) is 0.716. The molecular weight excluding hydrogens is 322 g/mol. The minimum Gasteiger partial charge on any atom is -0.338 e. The average molecular weight is 351 g/mol. The van der Waals surface area contributed by atoms with Crippen molar-refractivity contribution in [3.8, 4) is 0 Å². The molecule has 1 aromatic rings. The van der Waals surface area contributed by atoms with Gasteiger partial charge in [-0.3, -0.25) is 9.64 Å². The lowest BCUT2D eigenvalue weighted by atomic mass is 9.68. The number of carbonyl (C=O) groups excluding carboxylic acids is 1. The van der Waals surface area contributed by atoms with E-state index in [0.717, 1.165) is 51.9 Å². The van der Waals surface area contributed by atoms with Crippen molar-refractivity contribution in [3.05, 3.63) is 46.8 Å². The van der Waals surface area contributed by atoms with E-state index in [0.29, 0.717) is 0 Å². The predicted octanol–water partition coefficient (Wildman–Crippen LogP) is 3.96. The van der Waals surface area contributed by atoms with Gasteiger partial charge >= 0.3 is 0 Å². The summed E-state index contributed by atoms with van der Waals surface area (Å²) in [6.45, 7) is 13.1. The van der Waals surface area contributed by atoms with Crippen LogP contribution in [-0.2, 0) is 16.8 Å². The second-order valence-corrected chi connectivity index (χ2v) is 8.45. The van der Waals surface area contributed by atoms with Crippen LogP contribution < -0.4 is 0 Å². The number of amides is 1. The minimum atomic E-state index is -0.256. The molecule has 1 saturated carbocycles. The molecule has 0 radical (unpaired) electrons. The summed E-state index contributed by atoms with van der Waals surface area (Å²) in [5.74, 6) is 0.172. The molecule has 2 aliphatic heterocycles. The maximum Gasteiger partial charge on any atom is 0.288 e. The Morgan fingerprint density at radius 1 is 1.08 bits per heavy atom. The Labute approximate surface area is 157 Å². The lowest BCUT2D eigenvalue weighted by Crippen LogP contribution is -2.57. The van der Waals surface area contributed by atoms with Gasteiger partial charge in [-0.05, 0) is 36.8 Å². The van der Waals surface area contributed by atoms with Gasteiger partial charge < -0.3 is 4.90 Å². The van der Waals surface area contributed by atoms with Crippen molar-refractivity contribution < 1.29 is 4.79 Å². The molecule has 1 aliphatic carbocycles. The molecule has 1 spiro atoms. The molecule has 4 heteroatoms. The molecule has 0 atom stereocenters. The normalized spacial score (nSPS) is 24.7. The molecule has 2 heterocycles. The fourth-order valence-electron chi connectivity index (χ4n) is 5.51. The van der Waals surface area contributed by atoms with Crippen LogP contribution in [0.2, 0.25) is 0 Å². The standard InChI is InChI=1S/C22H29N3O/c1-18(26)24-16-19-8-4-5-9-20(19)21(17-24)12-14-25(15-13-21)22(23-2)10-6-3-7-11-22/h4-5,8-9H,3,6-7,10-17H2,1H3. The van der Waals surface area contributed by atoms with Crippen molar-refractivity contribution in [3.63, 3.8) is 0 Å². The van der Waals surface area contributed by atoms with Gasteiger partial charge in [0, 0.05) is 51.4 Å². The summed E-state index contributed by atoms with van der Waals surface area (Å²) in [7, 11) is 0. The summed E-state index contributed by atoms with van der Waals surface area (Å²) >= 11 is 0. The fraction of sp³-hybridized carbons (Fsp3) is 0.636. The third-order valence-electron chi connectivity index (χ3n) is 7.06. The number of rotatable bonds is 1. The smallest absolute Gasteiger partial charge is 0.288 e. The van der Waals surface area contributed by atoms with Crippen molar-refractivity contribution in [2.75, 3.05) is 19.6 Å². The van der Waals surface area contributed by atoms with Crippen molar-refractivity contribution in [2.24, 2.45) is 0 Å². The molecule has 0 bridgehead atoms. The van der Waals surface area contributed by atoms with Crippen LogP contribution in [0.5, 0.6) is 0 Å². The highest BCUT2D eigenvalue weighted by Gasteiger charge is 2.50. The molecule has 4 rings (SSSR count).